The molecule has 31 heavy (non-hydrogen) atoms. The van der Waals surface area contributed by atoms with Crippen LogP contribution < -0.4 is 5.32 Å². The Kier molecular flexibility index (Phi) is 8.58. The lowest BCUT2D eigenvalue weighted by Crippen LogP contribution is -2.54. The van der Waals surface area contributed by atoms with Crippen LogP contribution >= 0.6 is 0 Å². The molecule has 4 heteroatoms. The first-order valence-electron chi connectivity index (χ1n) is 12.7. The van der Waals surface area contributed by atoms with Crippen molar-refractivity contribution in [2.45, 2.75) is 96.6 Å². The molecule has 2 N–H and O–H groups in total. The first-order valence-corrected chi connectivity index (χ1v) is 12.7. The van der Waals surface area contributed by atoms with E-state index in [4.69, 9.17) is 0 Å². The number of carbonyl (C=O) groups excluding carboxylic acids is 1. The third-order valence-electron chi connectivity index (χ3n) is 7.74. The highest BCUT2D eigenvalue weighted by Crippen LogP contribution is 2.41. The molecule has 1 aliphatic heterocycles. The van der Waals surface area contributed by atoms with E-state index in [9.17, 15) is 9.90 Å². The van der Waals surface area contributed by atoms with Crippen LogP contribution in [0.25, 0.3) is 0 Å². The van der Waals surface area contributed by atoms with Crippen LogP contribution in [0.2, 0.25) is 0 Å². The summed E-state index contributed by atoms with van der Waals surface area (Å²) in [6, 6.07) is 9.75. The summed E-state index contributed by atoms with van der Waals surface area (Å²) >= 11 is 0. The summed E-state index contributed by atoms with van der Waals surface area (Å²) in [5.74, 6) is -0.176. The number of hydrogen-bond donors (Lipinski definition) is 2. The molecule has 1 heterocycles. The number of unbranched alkanes of at least 4 members (excludes halogenated alkanes) is 1. The van der Waals surface area contributed by atoms with Gasteiger partial charge >= 0.3 is 0 Å². The normalized spacial score (nSPS) is 21.2. The Hall–Kier alpha value is -1.39. The molecule has 1 aromatic carbocycles. The van der Waals surface area contributed by atoms with Crippen molar-refractivity contribution < 1.29 is 9.90 Å². The van der Waals surface area contributed by atoms with Crippen LogP contribution in [0.5, 0.6) is 0 Å². The fourth-order valence-corrected chi connectivity index (χ4v) is 5.43. The van der Waals surface area contributed by atoms with E-state index in [1.807, 2.05) is 30.3 Å². The Bertz CT molecular complexity index is 676. The van der Waals surface area contributed by atoms with Gasteiger partial charge in [0.1, 0.15) is 0 Å². The molecule has 1 unspecified atom stereocenters. The number of nitrogens with one attached hydrogen (secondary N) is 1. The fraction of sp³-hybridized carbons (Fsp3) is 0.741. The molecule has 1 atom stereocenters. The van der Waals surface area contributed by atoms with Crippen molar-refractivity contribution in [1.29, 1.82) is 0 Å². The minimum absolute atomic E-state index is 0.0142. The zero-order valence-corrected chi connectivity index (χ0v) is 20.0. The second kappa shape index (κ2) is 11.0. The number of carbonyl (C=O) groups is 1. The summed E-state index contributed by atoms with van der Waals surface area (Å²) in [4.78, 5) is 15.9. The quantitative estimate of drug-likeness (QED) is 0.535. The zero-order chi connectivity index (χ0) is 22.3. The van der Waals surface area contributed by atoms with Crippen molar-refractivity contribution >= 4 is 5.91 Å². The van der Waals surface area contributed by atoms with Crippen LogP contribution in [0, 0.1) is 11.3 Å². The highest BCUT2D eigenvalue weighted by molar-refractivity contribution is 5.87. The van der Waals surface area contributed by atoms with E-state index in [-0.39, 0.29) is 17.9 Å². The van der Waals surface area contributed by atoms with Crippen molar-refractivity contribution in [3.8, 4) is 0 Å². The lowest BCUT2D eigenvalue weighted by Gasteiger charge is -2.38. The molecule has 0 radical (unpaired) electrons. The molecule has 174 valence electrons. The van der Waals surface area contributed by atoms with Crippen LogP contribution in [0.1, 0.15) is 90.5 Å². The summed E-state index contributed by atoms with van der Waals surface area (Å²) in [5, 5.41) is 14.9. The van der Waals surface area contributed by atoms with E-state index in [1.54, 1.807) is 0 Å². The highest BCUT2D eigenvalue weighted by Gasteiger charge is 2.46. The minimum Gasteiger partial charge on any atom is -0.375 e. The summed E-state index contributed by atoms with van der Waals surface area (Å²) in [6.07, 6.45) is 11.1. The third-order valence-corrected chi connectivity index (χ3v) is 7.74. The van der Waals surface area contributed by atoms with Gasteiger partial charge in [-0.05, 0) is 56.0 Å². The summed E-state index contributed by atoms with van der Waals surface area (Å²) in [7, 11) is 0. The van der Waals surface area contributed by atoms with Crippen LogP contribution in [-0.4, -0.2) is 41.6 Å². The molecule has 1 aromatic rings. The van der Waals surface area contributed by atoms with E-state index >= 15 is 0 Å². The van der Waals surface area contributed by atoms with Gasteiger partial charge in [-0.2, -0.15) is 0 Å². The average Bonchev–Trinajstić information content (AvgIpc) is 3.33. The second-order valence-corrected chi connectivity index (χ2v) is 10.7. The fourth-order valence-electron chi connectivity index (χ4n) is 5.43. The lowest BCUT2D eigenvalue weighted by molar-refractivity contribution is -0.148. The van der Waals surface area contributed by atoms with Crippen LogP contribution in [0.3, 0.4) is 0 Å². The van der Waals surface area contributed by atoms with Crippen molar-refractivity contribution in [1.82, 2.24) is 10.2 Å². The maximum Gasteiger partial charge on any atom is 0.257 e. The molecule has 1 saturated heterocycles. The number of likely N-dealkylation sites (tertiary alicyclic amines) is 1. The molecular weight excluding hydrogens is 384 g/mol. The van der Waals surface area contributed by atoms with Crippen molar-refractivity contribution in [2.75, 3.05) is 19.6 Å². The van der Waals surface area contributed by atoms with Gasteiger partial charge in [0.25, 0.3) is 5.91 Å². The molecule has 0 spiro atoms. The Morgan fingerprint density at radius 3 is 2.32 bits per heavy atom. The average molecular weight is 429 g/mol. The Morgan fingerprint density at radius 1 is 1.06 bits per heavy atom. The number of nitrogens with zero attached hydrogens (tertiary/aromatic N) is 1. The largest absolute Gasteiger partial charge is 0.375 e. The van der Waals surface area contributed by atoms with Crippen LogP contribution in [0.15, 0.2) is 30.3 Å². The molecule has 1 aliphatic carbocycles. The van der Waals surface area contributed by atoms with Crippen molar-refractivity contribution in [3.63, 3.8) is 0 Å². The van der Waals surface area contributed by atoms with Gasteiger partial charge in [-0.15, -0.1) is 0 Å². The molecule has 2 aliphatic rings. The van der Waals surface area contributed by atoms with Gasteiger partial charge in [0.15, 0.2) is 5.60 Å². The first kappa shape index (κ1) is 24.3. The maximum atomic E-state index is 13.4. The number of rotatable bonds is 10. The molecule has 1 amide bonds. The van der Waals surface area contributed by atoms with Crippen molar-refractivity contribution in [2.24, 2.45) is 11.3 Å². The second-order valence-electron chi connectivity index (χ2n) is 10.7. The smallest absolute Gasteiger partial charge is 0.257 e. The monoisotopic (exact) mass is 428 g/mol. The SMILES string of the molecule is CCCCC(C)(C)CCN1CCC(NC(=O)C(O)(c2ccccc2)C2CCCC2)CC1. The highest BCUT2D eigenvalue weighted by atomic mass is 16.3. The molecule has 0 aromatic heterocycles. The number of hydrogen-bond acceptors (Lipinski definition) is 3. The number of amides is 1. The maximum absolute atomic E-state index is 13.4. The molecule has 4 nitrogen and oxygen atoms in total. The van der Waals surface area contributed by atoms with E-state index < -0.39 is 5.60 Å². The predicted octanol–water partition coefficient (Wildman–Crippen LogP) is 5.25. The van der Waals surface area contributed by atoms with E-state index in [0.29, 0.717) is 5.41 Å². The van der Waals surface area contributed by atoms with Gasteiger partial charge in [0.2, 0.25) is 0 Å². The summed E-state index contributed by atoms with van der Waals surface area (Å²) < 4.78 is 0. The van der Waals surface area contributed by atoms with Crippen LogP contribution in [0.4, 0.5) is 0 Å². The van der Waals surface area contributed by atoms with Gasteiger partial charge in [0.05, 0.1) is 0 Å². The molecule has 1 saturated carbocycles. The summed E-state index contributed by atoms with van der Waals surface area (Å²) in [6.45, 7) is 10.3. The number of piperidine rings is 1. The zero-order valence-electron chi connectivity index (χ0n) is 20.0. The van der Waals surface area contributed by atoms with Gasteiger partial charge in [-0.1, -0.05) is 76.8 Å². The Balaban J connectivity index is 1.53. The van der Waals surface area contributed by atoms with Gasteiger partial charge < -0.3 is 15.3 Å². The number of benzene rings is 1. The minimum atomic E-state index is -1.40. The molecule has 3 rings (SSSR count). The molecule has 0 bridgehead atoms. The van der Waals surface area contributed by atoms with Gasteiger partial charge in [-0.25, -0.2) is 0 Å². The van der Waals surface area contributed by atoms with Crippen LogP contribution in [-0.2, 0) is 10.4 Å². The first-order chi connectivity index (χ1) is 14.8. The Labute approximate surface area is 189 Å². The van der Waals surface area contributed by atoms with Gasteiger partial charge in [-0.3, -0.25) is 4.79 Å². The van der Waals surface area contributed by atoms with E-state index in [0.717, 1.165) is 63.7 Å². The summed E-state index contributed by atoms with van der Waals surface area (Å²) in [5.41, 5.74) is -0.252. The predicted molar refractivity (Wildman–Crippen MR) is 128 cm³/mol. The van der Waals surface area contributed by atoms with Crippen molar-refractivity contribution in [3.05, 3.63) is 35.9 Å². The Morgan fingerprint density at radius 2 is 1.71 bits per heavy atom. The standard InChI is InChI=1S/C27H44N2O2/c1-4-5-17-26(2,3)18-21-29-19-15-24(16-20-29)28-25(30)27(31,23-13-9-10-14-23)22-11-7-6-8-12-22/h6-8,11-12,23-24,31H,4-5,9-10,13-21H2,1-3H3,(H,28,30). The van der Waals surface area contributed by atoms with E-state index in [1.165, 1.54) is 25.7 Å². The van der Waals surface area contributed by atoms with Gasteiger partial charge in [0, 0.05) is 25.0 Å². The molecule has 2 fully saturated rings. The van der Waals surface area contributed by atoms with E-state index in [2.05, 4.69) is 31.0 Å². The lowest BCUT2D eigenvalue weighted by atomic mass is 9.79. The molecular formula is C27H44N2O2. The third kappa shape index (κ3) is 6.32. The number of aliphatic hydroxyl groups is 1. The topological polar surface area (TPSA) is 52.6 Å².